The van der Waals surface area contributed by atoms with Crippen molar-refractivity contribution in [3.63, 3.8) is 0 Å². The molecule has 2 aliphatic heterocycles. The van der Waals surface area contributed by atoms with E-state index in [2.05, 4.69) is 122 Å². The second kappa shape index (κ2) is 14.0. The van der Waals surface area contributed by atoms with E-state index in [0.29, 0.717) is 11.3 Å². The van der Waals surface area contributed by atoms with Crippen LogP contribution in [-0.4, -0.2) is 19.1 Å². The normalized spacial score (nSPS) is 14.8. The number of hydrogen-bond acceptors (Lipinski definition) is 6. The molecule has 0 saturated heterocycles. The number of ether oxygens (including phenoxy) is 2. The van der Waals surface area contributed by atoms with Gasteiger partial charge in [-0.15, -0.1) is 0 Å². The molecule has 0 saturated carbocycles. The third-order valence-corrected chi connectivity index (χ3v) is 14.5. The van der Waals surface area contributed by atoms with E-state index in [0.717, 1.165) is 129 Å². The van der Waals surface area contributed by atoms with Gasteiger partial charge in [-0.2, -0.15) is 5.26 Å². The van der Waals surface area contributed by atoms with E-state index in [1.807, 2.05) is 103 Å². The van der Waals surface area contributed by atoms with Crippen LogP contribution in [-0.2, 0) is 5.41 Å². The van der Waals surface area contributed by atoms with Crippen LogP contribution in [0.15, 0.2) is 200 Å². The number of pyridine rings is 2. The summed E-state index contributed by atoms with van der Waals surface area (Å²) >= 11 is 0. The molecule has 8 aromatic carbocycles. The molecule has 0 N–H and O–H groups in total. The van der Waals surface area contributed by atoms with E-state index in [4.69, 9.17) is 26.0 Å². The van der Waals surface area contributed by atoms with E-state index < -0.39 is 5.41 Å². The lowest BCUT2D eigenvalue weighted by Crippen LogP contribution is -2.33. The number of anilines is 3. The molecule has 4 aromatic heterocycles. The molecular formula is C61H33N7O2. The molecule has 9 heteroatoms. The number of fused-ring (bicyclic) bond motifs is 17. The molecule has 1 spiro atoms. The van der Waals surface area contributed by atoms with Crippen molar-refractivity contribution >= 4 is 66.4 Å². The predicted molar refractivity (Wildman–Crippen MR) is 274 cm³/mol. The maximum atomic E-state index is 9.99. The molecule has 0 radical (unpaired) electrons. The van der Waals surface area contributed by atoms with E-state index >= 15 is 0 Å². The first-order valence-corrected chi connectivity index (χ1v) is 23.0. The number of para-hydroxylation sites is 7. The van der Waals surface area contributed by atoms with Crippen LogP contribution >= 0.6 is 0 Å². The molecule has 3 aliphatic rings. The zero-order chi connectivity index (χ0) is 46.2. The Hall–Kier alpha value is -9.96. The number of benzene rings is 8. The molecule has 0 amide bonds. The van der Waals surface area contributed by atoms with Gasteiger partial charge in [-0.05, 0) is 109 Å². The Bertz CT molecular complexity index is 4150. The molecule has 9 nitrogen and oxygen atoms in total. The highest BCUT2D eigenvalue weighted by Gasteiger charge is 2.53. The molecular weight excluding hydrogens is 863 g/mol. The highest BCUT2D eigenvalue weighted by molar-refractivity contribution is 6.11. The number of nitrogens with zero attached hydrogens (tertiary/aromatic N) is 7. The lowest BCUT2D eigenvalue weighted by molar-refractivity contribution is 0.436. The van der Waals surface area contributed by atoms with Gasteiger partial charge in [-0.1, -0.05) is 84.9 Å². The summed E-state index contributed by atoms with van der Waals surface area (Å²) in [7, 11) is 0. The summed E-state index contributed by atoms with van der Waals surface area (Å²) in [6.07, 6.45) is 3.91. The van der Waals surface area contributed by atoms with E-state index in [1.165, 1.54) is 0 Å². The molecule has 1 atom stereocenters. The smallest absolute Gasteiger partial charge is 0.188 e. The van der Waals surface area contributed by atoms with Crippen LogP contribution in [0.25, 0.3) is 71.2 Å². The van der Waals surface area contributed by atoms with Crippen molar-refractivity contribution in [3.05, 3.63) is 240 Å². The Morgan fingerprint density at radius 2 is 0.971 bits per heavy atom. The lowest BCUT2D eigenvalue weighted by atomic mass is 9.66. The first-order valence-electron chi connectivity index (χ1n) is 23.0. The molecule has 15 rings (SSSR count). The number of nitriles is 1. The monoisotopic (exact) mass is 895 g/mol. The SMILES string of the molecule is [C-]#[N+]c1ccc2c(c1)c1ccccc1n2-c1cnc2c(c1)C1(c3ccccc3Oc3ccc(N4c5ccccc5Oc5ccccc54)cc31)c1cc(-n3c4ccccc4c4cc(C#N)ccc43)cnc1-2. The van der Waals surface area contributed by atoms with Gasteiger partial charge in [0.25, 0.3) is 0 Å². The van der Waals surface area contributed by atoms with E-state index in [-0.39, 0.29) is 0 Å². The van der Waals surface area contributed by atoms with Gasteiger partial charge in [0, 0.05) is 44.1 Å². The summed E-state index contributed by atoms with van der Waals surface area (Å²) in [5.41, 5.74) is 14.1. The van der Waals surface area contributed by atoms with Crippen molar-refractivity contribution < 1.29 is 9.47 Å². The van der Waals surface area contributed by atoms with Crippen molar-refractivity contribution in [1.82, 2.24) is 19.1 Å². The van der Waals surface area contributed by atoms with Gasteiger partial charge in [0.2, 0.25) is 0 Å². The molecule has 0 fully saturated rings. The lowest BCUT2D eigenvalue weighted by Gasteiger charge is -2.40. The van der Waals surface area contributed by atoms with E-state index in [9.17, 15) is 5.26 Å². The molecule has 1 aliphatic carbocycles. The van der Waals surface area contributed by atoms with Gasteiger partial charge >= 0.3 is 0 Å². The van der Waals surface area contributed by atoms with Gasteiger partial charge in [0.05, 0.1) is 92.2 Å². The Morgan fingerprint density at radius 3 is 1.61 bits per heavy atom. The Balaban J connectivity index is 1.06. The summed E-state index contributed by atoms with van der Waals surface area (Å²) in [5.74, 6) is 2.98. The highest BCUT2D eigenvalue weighted by atomic mass is 16.5. The van der Waals surface area contributed by atoms with Crippen LogP contribution in [0.3, 0.4) is 0 Å². The quantitative estimate of drug-likeness (QED) is 0.164. The Labute approximate surface area is 400 Å². The fourth-order valence-corrected chi connectivity index (χ4v) is 11.6. The fraction of sp³-hybridized carbons (Fsp3) is 0.0164. The maximum absolute atomic E-state index is 9.99. The summed E-state index contributed by atoms with van der Waals surface area (Å²) in [5, 5.41) is 14.1. The second-order valence-corrected chi connectivity index (χ2v) is 17.9. The van der Waals surface area contributed by atoms with Gasteiger partial charge in [-0.25, -0.2) is 4.85 Å². The van der Waals surface area contributed by atoms with Crippen LogP contribution in [0, 0.1) is 17.9 Å². The van der Waals surface area contributed by atoms with Crippen LogP contribution in [0.1, 0.15) is 27.8 Å². The van der Waals surface area contributed by atoms with Crippen LogP contribution in [0.5, 0.6) is 23.0 Å². The molecule has 12 aromatic rings. The number of hydrogen-bond donors (Lipinski definition) is 0. The van der Waals surface area contributed by atoms with Gasteiger partial charge in [0.15, 0.2) is 17.2 Å². The standard InChI is InChI=1S/C61H33N7O2/c1-63-37-23-26-52-44(29-37)42-13-3-6-16-50(42)68(52)40-32-48-60(65-35-40)59-47(31-39(34-64-59)67-49-15-5-2-12-41(49)43-28-36(33-62)22-25-51(43)67)61(48)45-14-4-9-19-55(45)69-56-27-24-38(30-46(56)61)66-53-17-7-10-20-57(53)70-58-21-11-8-18-54(58)66/h2-32,34-35H. The molecule has 1 unspecified atom stereocenters. The summed E-state index contributed by atoms with van der Waals surface area (Å²) in [6, 6.07) is 66.6. The predicted octanol–water partition coefficient (Wildman–Crippen LogP) is 15.1. The summed E-state index contributed by atoms with van der Waals surface area (Å²) in [6.45, 7) is 7.85. The van der Waals surface area contributed by atoms with Crippen molar-refractivity contribution in [1.29, 1.82) is 5.26 Å². The van der Waals surface area contributed by atoms with Gasteiger partial charge < -0.3 is 23.5 Å². The largest absolute Gasteiger partial charge is 0.457 e. The first kappa shape index (κ1) is 38.2. The zero-order valence-corrected chi connectivity index (χ0v) is 37.0. The van der Waals surface area contributed by atoms with Gasteiger partial charge in [0.1, 0.15) is 11.5 Å². The molecule has 6 heterocycles. The van der Waals surface area contributed by atoms with Crippen LogP contribution < -0.4 is 14.4 Å². The Kier molecular flexibility index (Phi) is 7.65. The summed E-state index contributed by atoms with van der Waals surface area (Å²) < 4.78 is 18.0. The van der Waals surface area contributed by atoms with E-state index in [1.54, 1.807) is 0 Å². The highest BCUT2D eigenvalue weighted by Crippen LogP contribution is 2.63. The number of rotatable bonds is 3. The average molecular weight is 896 g/mol. The Morgan fingerprint density at radius 1 is 0.457 bits per heavy atom. The van der Waals surface area contributed by atoms with Gasteiger partial charge in [-0.3, -0.25) is 9.97 Å². The summed E-state index contributed by atoms with van der Waals surface area (Å²) in [4.78, 5) is 17.0. The second-order valence-electron chi connectivity index (χ2n) is 17.9. The maximum Gasteiger partial charge on any atom is 0.188 e. The van der Waals surface area contributed by atoms with Crippen molar-refractivity contribution in [2.75, 3.05) is 4.90 Å². The third kappa shape index (κ3) is 5.02. The molecule has 324 valence electrons. The minimum Gasteiger partial charge on any atom is -0.457 e. The van der Waals surface area contributed by atoms with Crippen LogP contribution in [0.4, 0.5) is 22.7 Å². The molecule has 70 heavy (non-hydrogen) atoms. The van der Waals surface area contributed by atoms with Crippen molar-refractivity contribution in [2.24, 2.45) is 0 Å². The van der Waals surface area contributed by atoms with Crippen molar-refractivity contribution in [3.8, 4) is 51.8 Å². The third-order valence-electron chi connectivity index (χ3n) is 14.5. The topological polar surface area (TPSA) is 85.5 Å². The minimum absolute atomic E-state index is 0.587. The average Bonchev–Trinajstić information content (AvgIpc) is 4.04. The first-order chi connectivity index (χ1) is 34.6. The number of aromatic nitrogens is 4. The minimum atomic E-state index is -1.01. The molecule has 0 bridgehead atoms. The fourth-order valence-electron chi connectivity index (χ4n) is 11.6. The van der Waals surface area contributed by atoms with Crippen molar-refractivity contribution in [2.45, 2.75) is 5.41 Å². The van der Waals surface area contributed by atoms with Crippen LogP contribution in [0.2, 0.25) is 0 Å². The zero-order valence-electron chi connectivity index (χ0n) is 37.0.